The fraction of sp³-hybridized carbons (Fsp3) is 0.385. The highest BCUT2D eigenvalue weighted by Gasteiger charge is 2.05. The lowest BCUT2D eigenvalue weighted by Gasteiger charge is -2.07. The van der Waals surface area contributed by atoms with Crippen LogP contribution in [0, 0.1) is 13.8 Å². The van der Waals surface area contributed by atoms with Crippen LogP contribution in [0.2, 0.25) is 0 Å². The second-order valence-corrected chi connectivity index (χ2v) is 4.05. The van der Waals surface area contributed by atoms with Crippen LogP contribution in [0.1, 0.15) is 24.0 Å². The van der Waals surface area contributed by atoms with Crippen LogP contribution in [0.15, 0.2) is 24.5 Å². The lowest BCUT2D eigenvalue weighted by molar-refractivity contribution is 0.707. The highest BCUT2D eigenvalue weighted by Crippen LogP contribution is 2.11. The second-order valence-electron chi connectivity index (χ2n) is 4.05. The van der Waals surface area contributed by atoms with Crippen LogP contribution in [-0.4, -0.2) is 21.1 Å². The van der Waals surface area contributed by atoms with E-state index in [0.717, 1.165) is 36.0 Å². The van der Waals surface area contributed by atoms with Crippen LogP contribution in [-0.2, 0) is 6.54 Å². The molecule has 2 heterocycles. The predicted molar refractivity (Wildman–Crippen MR) is 68.2 cm³/mol. The zero-order valence-corrected chi connectivity index (χ0v) is 10.6. The number of hydrogen-bond acceptors (Lipinski definition) is 3. The third-order valence-corrected chi connectivity index (χ3v) is 2.85. The topological polar surface area (TPSA) is 42.7 Å². The monoisotopic (exact) mass is 230 g/mol. The van der Waals surface area contributed by atoms with Crippen LogP contribution in [0.5, 0.6) is 0 Å². The average Bonchev–Trinajstić information content (AvgIpc) is 2.68. The Balaban J connectivity index is 2.30. The predicted octanol–water partition coefficient (Wildman–Crippen LogP) is 1.99. The summed E-state index contributed by atoms with van der Waals surface area (Å²) in [4.78, 5) is 8.91. The zero-order chi connectivity index (χ0) is 12.3. The van der Waals surface area contributed by atoms with Gasteiger partial charge in [-0.05, 0) is 32.5 Å². The summed E-state index contributed by atoms with van der Waals surface area (Å²) in [5.41, 5.74) is 3.23. The van der Waals surface area contributed by atoms with Crippen LogP contribution >= 0.6 is 0 Å². The van der Waals surface area contributed by atoms with Crippen molar-refractivity contribution < 1.29 is 0 Å². The molecule has 0 amide bonds. The van der Waals surface area contributed by atoms with E-state index in [1.807, 2.05) is 36.0 Å². The van der Waals surface area contributed by atoms with Crippen LogP contribution in [0.25, 0.3) is 5.82 Å². The van der Waals surface area contributed by atoms with Crippen molar-refractivity contribution >= 4 is 0 Å². The fourth-order valence-electron chi connectivity index (χ4n) is 1.68. The maximum atomic E-state index is 4.62. The summed E-state index contributed by atoms with van der Waals surface area (Å²) >= 11 is 0. The Kier molecular flexibility index (Phi) is 3.54. The number of aryl methyl sites for hydroxylation is 1. The summed E-state index contributed by atoms with van der Waals surface area (Å²) in [6.45, 7) is 7.91. The lowest BCUT2D eigenvalue weighted by Crippen LogP contribution is -2.13. The minimum absolute atomic E-state index is 0.803. The van der Waals surface area contributed by atoms with Gasteiger partial charge in [0.1, 0.15) is 12.1 Å². The molecule has 0 radical (unpaired) electrons. The minimum Gasteiger partial charge on any atom is -0.311 e. The van der Waals surface area contributed by atoms with E-state index in [1.165, 1.54) is 0 Å². The number of imidazole rings is 1. The van der Waals surface area contributed by atoms with Gasteiger partial charge in [0, 0.05) is 12.2 Å². The molecule has 0 aromatic carbocycles. The fourth-order valence-corrected chi connectivity index (χ4v) is 1.68. The van der Waals surface area contributed by atoms with Gasteiger partial charge in [0.25, 0.3) is 0 Å². The van der Waals surface area contributed by atoms with Gasteiger partial charge < -0.3 is 5.32 Å². The standard InChI is InChI=1S/C13H18N4/c1-4-14-8-12-6-5-7-13(16-12)17-9-15-10(2)11(17)3/h5-7,9,14H,4,8H2,1-3H3. The van der Waals surface area contributed by atoms with Crippen LogP contribution < -0.4 is 5.32 Å². The molecule has 4 heteroatoms. The van der Waals surface area contributed by atoms with E-state index in [9.17, 15) is 0 Å². The summed E-state index contributed by atoms with van der Waals surface area (Å²) in [5.74, 6) is 0.929. The normalized spacial score (nSPS) is 10.8. The molecule has 0 fully saturated rings. The number of pyridine rings is 1. The molecule has 90 valence electrons. The van der Waals surface area contributed by atoms with Crippen molar-refractivity contribution in [2.45, 2.75) is 27.3 Å². The summed E-state index contributed by atoms with van der Waals surface area (Å²) < 4.78 is 2.02. The van der Waals surface area contributed by atoms with Crippen molar-refractivity contribution in [2.24, 2.45) is 0 Å². The molecule has 0 aliphatic carbocycles. The number of aromatic nitrogens is 3. The van der Waals surface area contributed by atoms with Crippen molar-refractivity contribution in [3.63, 3.8) is 0 Å². The molecule has 0 aliphatic heterocycles. The molecule has 2 aromatic heterocycles. The number of nitrogens with zero attached hydrogens (tertiary/aromatic N) is 3. The zero-order valence-electron chi connectivity index (χ0n) is 10.6. The smallest absolute Gasteiger partial charge is 0.138 e. The Bertz CT molecular complexity index is 502. The minimum atomic E-state index is 0.803. The summed E-state index contributed by atoms with van der Waals surface area (Å²) in [6, 6.07) is 6.07. The Morgan fingerprint density at radius 3 is 2.76 bits per heavy atom. The maximum absolute atomic E-state index is 4.62. The molecular formula is C13H18N4. The molecule has 2 rings (SSSR count). The van der Waals surface area contributed by atoms with Crippen molar-refractivity contribution in [3.05, 3.63) is 41.6 Å². The molecule has 0 saturated carbocycles. The van der Waals surface area contributed by atoms with Gasteiger partial charge in [0.15, 0.2) is 0 Å². The third-order valence-electron chi connectivity index (χ3n) is 2.85. The van der Waals surface area contributed by atoms with Crippen LogP contribution in [0.4, 0.5) is 0 Å². The first-order valence-corrected chi connectivity index (χ1v) is 5.90. The molecule has 1 N–H and O–H groups in total. The van der Waals surface area contributed by atoms with Gasteiger partial charge in [0.05, 0.1) is 11.4 Å². The van der Waals surface area contributed by atoms with E-state index >= 15 is 0 Å². The van der Waals surface area contributed by atoms with E-state index in [-0.39, 0.29) is 0 Å². The molecule has 0 spiro atoms. The van der Waals surface area contributed by atoms with Crippen molar-refractivity contribution in [1.29, 1.82) is 0 Å². The Morgan fingerprint density at radius 1 is 1.29 bits per heavy atom. The highest BCUT2D eigenvalue weighted by atomic mass is 15.1. The van der Waals surface area contributed by atoms with E-state index in [0.29, 0.717) is 0 Å². The molecule has 2 aromatic rings. The van der Waals surface area contributed by atoms with Crippen molar-refractivity contribution in [2.75, 3.05) is 6.54 Å². The van der Waals surface area contributed by atoms with E-state index in [2.05, 4.69) is 29.1 Å². The molecule has 17 heavy (non-hydrogen) atoms. The summed E-state index contributed by atoms with van der Waals surface area (Å²) in [6.07, 6.45) is 1.82. The van der Waals surface area contributed by atoms with Crippen LogP contribution in [0.3, 0.4) is 0 Å². The van der Waals surface area contributed by atoms with Gasteiger partial charge >= 0.3 is 0 Å². The molecule has 0 aliphatic rings. The lowest BCUT2D eigenvalue weighted by atomic mass is 10.3. The SMILES string of the molecule is CCNCc1cccc(-n2cnc(C)c2C)n1. The molecule has 0 atom stereocenters. The molecule has 4 nitrogen and oxygen atoms in total. The van der Waals surface area contributed by atoms with Crippen molar-refractivity contribution in [1.82, 2.24) is 19.9 Å². The van der Waals surface area contributed by atoms with Gasteiger partial charge in [0.2, 0.25) is 0 Å². The van der Waals surface area contributed by atoms with E-state index in [4.69, 9.17) is 0 Å². The first-order chi connectivity index (χ1) is 8.22. The van der Waals surface area contributed by atoms with Crippen molar-refractivity contribution in [3.8, 4) is 5.82 Å². The molecule has 0 saturated heterocycles. The Labute approximate surface area is 102 Å². The summed E-state index contributed by atoms with van der Waals surface area (Å²) in [5, 5.41) is 3.28. The number of hydrogen-bond donors (Lipinski definition) is 1. The second kappa shape index (κ2) is 5.10. The Morgan fingerprint density at radius 2 is 2.12 bits per heavy atom. The molecule has 0 bridgehead atoms. The third kappa shape index (κ3) is 2.53. The molecule has 0 unspecified atom stereocenters. The van der Waals surface area contributed by atoms with Gasteiger partial charge in [-0.1, -0.05) is 13.0 Å². The van der Waals surface area contributed by atoms with Gasteiger partial charge in [-0.2, -0.15) is 0 Å². The maximum Gasteiger partial charge on any atom is 0.138 e. The highest BCUT2D eigenvalue weighted by molar-refractivity contribution is 5.29. The summed E-state index contributed by atoms with van der Waals surface area (Å²) in [7, 11) is 0. The Hall–Kier alpha value is -1.68. The molecular weight excluding hydrogens is 212 g/mol. The van der Waals surface area contributed by atoms with E-state index < -0.39 is 0 Å². The number of rotatable bonds is 4. The number of nitrogens with one attached hydrogen (secondary N) is 1. The van der Waals surface area contributed by atoms with E-state index in [1.54, 1.807) is 0 Å². The van der Waals surface area contributed by atoms with Gasteiger partial charge in [-0.15, -0.1) is 0 Å². The average molecular weight is 230 g/mol. The largest absolute Gasteiger partial charge is 0.311 e. The first-order valence-electron chi connectivity index (χ1n) is 5.90. The first kappa shape index (κ1) is 11.8. The quantitative estimate of drug-likeness (QED) is 0.873. The van der Waals surface area contributed by atoms with Gasteiger partial charge in [-0.3, -0.25) is 4.57 Å². The van der Waals surface area contributed by atoms with Gasteiger partial charge in [-0.25, -0.2) is 9.97 Å².